The molecule has 0 aromatic rings. The molecule has 0 aliphatic heterocycles. The van der Waals surface area contributed by atoms with Crippen LogP contribution in [0.1, 0.15) is 149 Å². The Morgan fingerprint density at radius 2 is 1.31 bits per heavy atom. The molecule has 0 bridgehead atoms. The summed E-state index contributed by atoms with van der Waals surface area (Å²) in [6.45, 7) is 7.84. The van der Waals surface area contributed by atoms with Crippen LogP contribution in [0.15, 0.2) is 4.99 Å². The van der Waals surface area contributed by atoms with Crippen LogP contribution in [0.2, 0.25) is 0 Å². The van der Waals surface area contributed by atoms with E-state index in [9.17, 15) is 18.0 Å². The molecule has 0 saturated heterocycles. The molecule has 0 aliphatic carbocycles. The topological polar surface area (TPSA) is 125 Å². The SMILES string of the molecule is CCCCCCCCC(CC)OC(=O)CCCCCCCN(CCCCCCCC(=O)O)CCCN=CNS(C)(=O)=O. The van der Waals surface area contributed by atoms with Crippen molar-refractivity contribution in [3.05, 3.63) is 0 Å². The summed E-state index contributed by atoms with van der Waals surface area (Å²) in [6.07, 6.45) is 23.7. The number of nitrogens with zero attached hydrogens (tertiary/aromatic N) is 2. The van der Waals surface area contributed by atoms with Gasteiger partial charge in [-0.1, -0.05) is 84.5 Å². The van der Waals surface area contributed by atoms with Gasteiger partial charge in [0.2, 0.25) is 10.0 Å². The Labute approximate surface area is 257 Å². The minimum Gasteiger partial charge on any atom is -0.481 e. The summed E-state index contributed by atoms with van der Waals surface area (Å²) in [5.41, 5.74) is 0. The lowest BCUT2D eigenvalue weighted by atomic mass is 10.1. The molecule has 248 valence electrons. The number of carboxylic acids is 1. The van der Waals surface area contributed by atoms with Crippen molar-refractivity contribution in [3.63, 3.8) is 0 Å². The number of rotatable bonds is 31. The number of carbonyl (C=O) groups is 2. The monoisotopic (exact) mass is 617 g/mol. The van der Waals surface area contributed by atoms with Crippen molar-refractivity contribution in [2.45, 2.75) is 155 Å². The molecule has 0 spiro atoms. The van der Waals surface area contributed by atoms with E-state index in [1.807, 2.05) is 0 Å². The molecular weight excluding hydrogens is 554 g/mol. The van der Waals surface area contributed by atoms with E-state index in [1.165, 1.54) is 38.4 Å². The molecule has 0 heterocycles. The molecule has 9 nitrogen and oxygen atoms in total. The lowest BCUT2D eigenvalue weighted by Gasteiger charge is -2.22. The van der Waals surface area contributed by atoms with Crippen molar-refractivity contribution < 1.29 is 27.9 Å². The Bertz CT molecular complexity index is 791. The van der Waals surface area contributed by atoms with E-state index in [2.05, 4.69) is 28.5 Å². The van der Waals surface area contributed by atoms with Crippen molar-refractivity contribution in [1.82, 2.24) is 9.62 Å². The summed E-state index contributed by atoms with van der Waals surface area (Å²) >= 11 is 0. The van der Waals surface area contributed by atoms with Crippen molar-refractivity contribution in [2.75, 3.05) is 32.4 Å². The quantitative estimate of drug-likeness (QED) is 0.0368. The van der Waals surface area contributed by atoms with Gasteiger partial charge in [-0.15, -0.1) is 0 Å². The third-order valence-electron chi connectivity index (χ3n) is 7.47. The van der Waals surface area contributed by atoms with Gasteiger partial charge in [0, 0.05) is 19.4 Å². The maximum atomic E-state index is 12.3. The molecule has 0 saturated carbocycles. The fourth-order valence-corrected chi connectivity index (χ4v) is 5.21. The van der Waals surface area contributed by atoms with Gasteiger partial charge in [0.15, 0.2) is 0 Å². The van der Waals surface area contributed by atoms with Crippen molar-refractivity contribution in [3.8, 4) is 0 Å². The first-order chi connectivity index (χ1) is 20.2. The van der Waals surface area contributed by atoms with Gasteiger partial charge < -0.3 is 14.7 Å². The molecule has 1 atom stereocenters. The van der Waals surface area contributed by atoms with Crippen LogP contribution < -0.4 is 4.72 Å². The second-order valence-corrected chi connectivity index (χ2v) is 13.4. The number of ether oxygens (including phenoxy) is 1. The Morgan fingerprint density at radius 1 is 0.786 bits per heavy atom. The predicted octanol–water partition coefficient (Wildman–Crippen LogP) is 7.09. The van der Waals surface area contributed by atoms with Gasteiger partial charge in [0.05, 0.1) is 12.6 Å². The predicted molar refractivity (Wildman–Crippen MR) is 174 cm³/mol. The summed E-state index contributed by atoms with van der Waals surface area (Å²) in [5, 5.41) is 8.76. The third kappa shape index (κ3) is 29.8. The summed E-state index contributed by atoms with van der Waals surface area (Å²) < 4.78 is 30.2. The lowest BCUT2D eigenvalue weighted by molar-refractivity contribution is -0.149. The number of hydrogen-bond donors (Lipinski definition) is 2. The number of unbranched alkanes of at least 4 members (excludes halogenated alkanes) is 13. The fourth-order valence-electron chi connectivity index (χ4n) is 4.94. The first kappa shape index (κ1) is 40.3. The van der Waals surface area contributed by atoms with Gasteiger partial charge in [-0.2, -0.15) is 0 Å². The van der Waals surface area contributed by atoms with E-state index in [4.69, 9.17) is 9.84 Å². The van der Waals surface area contributed by atoms with Gasteiger partial charge in [0.1, 0.15) is 6.10 Å². The van der Waals surface area contributed by atoms with Gasteiger partial charge in [-0.3, -0.25) is 19.3 Å². The molecule has 0 radical (unpaired) electrons. The van der Waals surface area contributed by atoms with E-state index in [-0.39, 0.29) is 18.5 Å². The van der Waals surface area contributed by atoms with Gasteiger partial charge >= 0.3 is 11.9 Å². The fraction of sp³-hybridized carbons (Fsp3) is 0.906. The highest BCUT2D eigenvalue weighted by Crippen LogP contribution is 2.15. The third-order valence-corrected chi connectivity index (χ3v) is 8.01. The van der Waals surface area contributed by atoms with Crippen LogP contribution in [-0.2, 0) is 24.3 Å². The minimum atomic E-state index is -3.26. The molecule has 10 heteroatoms. The molecule has 0 aliphatic rings. The van der Waals surface area contributed by atoms with Crippen molar-refractivity contribution in [2.24, 2.45) is 4.99 Å². The molecule has 0 aromatic heterocycles. The molecule has 0 rings (SSSR count). The van der Waals surface area contributed by atoms with E-state index >= 15 is 0 Å². The summed E-state index contributed by atoms with van der Waals surface area (Å²) in [6, 6.07) is 0. The number of carbonyl (C=O) groups excluding carboxylic acids is 1. The van der Waals surface area contributed by atoms with Crippen LogP contribution in [0.4, 0.5) is 0 Å². The van der Waals surface area contributed by atoms with E-state index < -0.39 is 16.0 Å². The number of carboxylic acid groups (broad SMARTS) is 1. The lowest BCUT2D eigenvalue weighted by Crippen LogP contribution is -2.28. The van der Waals surface area contributed by atoms with Gasteiger partial charge in [-0.05, 0) is 71.0 Å². The van der Waals surface area contributed by atoms with Crippen LogP contribution >= 0.6 is 0 Å². The number of hydrogen-bond acceptors (Lipinski definition) is 7. The zero-order valence-corrected chi connectivity index (χ0v) is 27.9. The highest BCUT2D eigenvalue weighted by molar-refractivity contribution is 7.89. The largest absolute Gasteiger partial charge is 0.481 e. The average Bonchev–Trinajstić information content (AvgIpc) is 2.93. The zero-order chi connectivity index (χ0) is 31.3. The van der Waals surface area contributed by atoms with E-state index in [1.54, 1.807) is 0 Å². The average molecular weight is 618 g/mol. The van der Waals surface area contributed by atoms with Crippen LogP contribution in [0.3, 0.4) is 0 Å². The first-order valence-electron chi connectivity index (χ1n) is 16.8. The molecule has 0 fully saturated rings. The van der Waals surface area contributed by atoms with Crippen LogP contribution in [-0.4, -0.2) is 75.2 Å². The highest BCUT2D eigenvalue weighted by Gasteiger charge is 2.12. The van der Waals surface area contributed by atoms with Crippen LogP contribution in [0.25, 0.3) is 0 Å². The maximum Gasteiger partial charge on any atom is 0.306 e. The molecule has 0 amide bonds. The molecular formula is C32H63N3O6S. The van der Waals surface area contributed by atoms with Crippen LogP contribution in [0.5, 0.6) is 0 Å². The maximum absolute atomic E-state index is 12.3. The first-order valence-corrected chi connectivity index (χ1v) is 18.7. The zero-order valence-electron chi connectivity index (χ0n) is 27.1. The Morgan fingerprint density at radius 3 is 1.88 bits per heavy atom. The smallest absolute Gasteiger partial charge is 0.306 e. The number of aliphatic carboxylic acids is 1. The van der Waals surface area contributed by atoms with E-state index in [0.717, 1.165) is 116 Å². The van der Waals surface area contributed by atoms with Gasteiger partial charge in [-0.25, -0.2) is 8.42 Å². The number of sulfonamides is 1. The van der Waals surface area contributed by atoms with Crippen molar-refractivity contribution in [1.29, 1.82) is 0 Å². The van der Waals surface area contributed by atoms with Gasteiger partial charge in [0.25, 0.3) is 0 Å². The normalized spacial score (nSPS) is 12.7. The second kappa shape index (κ2) is 28.1. The minimum absolute atomic E-state index is 0.0450. The number of nitrogens with one attached hydrogen (secondary N) is 1. The van der Waals surface area contributed by atoms with Crippen LogP contribution in [0, 0.1) is 0 Å². The van der Waals surface area contributed by atoms with Crippen molar-refractivity contribution >= 4 is 28.3 Å². The Hall–Kier alpha value is -1.68. The number of esters is 1. The molecule has 2 N–H and O–H groups in total. The summed E-state index contributed by atoms with van der Waals surface area (Å²) in [7, 11) is -3.26. The Kier molecular flexibility index (Phi) is 27.0. The standard InChI is InChI=1S/C32H63N3O6S/c1-4-6-7-8-11-16-22-30(5-2)41-32(38)24-18-13-10-15-20-27-35(26-19-14-9-12-17-23-31(36)37)28-21-25-33-29-34-42(3,39)40/h29-30H,4-28H2,1-3H3,(H,33,34)(H,36,37). The molecule has 0 aromatic carbocycles. The summed E-state index contributed by atoms with van der Waals surface area (Å²) in [5.74, 6) is -0.768. The number of aliphatic imine (C=N–C) groups is 1. The van der Waals surface area contributed by atoms with E-state index in [0.29, 0.717) is 13.0 Å². The summed E-state index contributed by atoms with van der Waals surface area (Å²) in [4.78, 5) is 29.5. The second-order valence-electron chi connectivity index (χ2n) is 11.6. The molecule has 42 heavy (non-hydrogen) atoms. The highest BCUT2D eigenvalue weighted by atomic mass is 32.2. The Balaban J connectivity index is 4.15. The molecule has 1 unspecified atom stereocenters.